The SMILES string of the molecule is CC(CN(C)CCO)NCc1cc2cc(Cl)ccc2[nH]1. The molecule has 1 aromatic heterocycles. The second-order valence-electron chi connectivity index (χ2n) is 5.29. The van der Waals surface area contributed by atoms with Crippen LogP contribution in [-0.4, -0.2) is 47.8 Å². The van der Waals surface area contributed by atoms with E-state index in [-0.39, 0.29) is 6.61 Å². The van der Waals surface area contributed by atoms with Crippen molar-refractivity contribution in [2.45, 2.75) is 19.5 Å². The fourth-order valence-electron chi connectivity index (χ4n) is 2.34. The smallest absolute Gasteiger partial charge is 0.0558 e. The monoisotopic (exact) mass is 295 g/mol. The number of aliphatic hydroxyl groups is 1. The highest BCUT2D eigenvalue weighted by atomic mass is 35.5. The summed E-state index contributed by atoms with van der Waals surface area (Å²) in [6, 6.07) is 8.35. The van der Waals surface area contributed by atoms with Gasteiger partial charge in [-0.05, 0) is 38.2 Å². The second-order valence-corrected chi connectivity index (χ2v) is 5.73. The van der Waals surface area contributed by atoms with Gasteiger partial charge in [-0.1, -0.05) is 11.6 Å². The third kappa shape index (κ3) is 4.21. The fourth-order valence-corrected chi connectivity index (χ4v) is 2.52. The number of rotatable bonds is 7. The van der Waals surface area contributed by atoms with Gasteiger partial charge in [0.25, 0.3) is 0 Å². The van der Waals surface area contributed by atoms with Crippen molar-refractivity contribution in [3.05, 3.63) is 35.0 Å². The van der Waals surface area contributed by atoms with Crippen LogP contribution in [0.15, 0.2) is 24.3 Å². The molecule has 2 aromatic rings. The molecule has 0 bridgehead atoms. The molecule has 0 aliphatic heterocycles. The summed E-state index contributed by atoms with van der Waals surface area (Å²) in [5, 5.41) is 14.3. The number of H-pyrrole nitrogens is 1. The van der Waals surface area contributed by atoms with E-state index in [0.717, 1.165) is 34.7 Å². The number of aromatic amines is 1. The Labute approximate surface area is 124 Å². The molecule has 1 unspecified atom stereocenters. The largest absolute Gasteiger partial charge is 0.395 e. The molecule has 20 heavy (non-hydrogen) atoms. The van der Waals surface area contributed by atoms with E-state index in [4.69, 9.17) is 16.7 Å². The summed E-state index contributed by atoms with van der Waals surface area (Å²) in [6.45, 7) is 4.75. The Kier molecular flexibility index (Phi) is 5.43. The zero-order valence-electron chi connectivity index (χ0n) is 12.0. The van der Waals surface area contributed by atoms with Crippen LogP contribution in [0, 0.1) is 0 Å². The number of benzene rings is 1. The van der Waals surface area contributed by atoms with Crippen molar-refractivity contribution in [2.75, 3.05) is 26.7 Å². The lowest BCUT2D eigenvalue weighted by Gasteiger charge is -2.21. The van der Waals surface area contributed by atoms with Crippen LogP contribution in [0.4, 0.5) is 0 Å². The maximum atomic E-state index is 8.88. The minimum atomic E-state index is 0.200. The number of likely N-dealkylation sites (N-methyl/N-ethyl adjacent to an activating group) is 1. The molecule has 5 heteroatoms. The molecule has 0 aliphatic rings. The van der Waals surface area contributed by atoms with Crippen LogP contribution in [0.2, 0.25) is 5.02 Å². The maximum absolute atomic E-state index is 8.88. The molecule has 110 valence electrons. The van der Waals surface area contributed by atoms with Gasteiger partial charge in [0, 0.05) is 47.3 Å². The maximum Gasteiger partial charge on any atom is 0.0558 e. The first kappa shape index (κ1) is 15.3. The van der Waals surface area contributed by atoms with E-state index in [0.29, 0.717) is 12.6 Å². The Balaban J connectivity index is 1.89. The van der Waals surface area contributed by atoms with Crippen molar-refractivity contribution >= 4 is 22.5 Å². The second kappa shape index (κ2) is 7.09. The minimum absolute atomic E-state index is 0.200. The molecule has 3 N–H and O–H groups in total. The Morgan fingerprint density at radius 1 is 1.40 bits per heavy atom. The molecule has 2 rings (SSSR count). The molecule has 0 aliphatic carbocycles. The third-order valence-corrected chi connectivity index (χ3v) is 3.58. The first-order valence-corrected chi connectivity index (χ1v) is 7.26. The van der Waals surface area contributed by atoms with Gasteiger partial charge in [0.05, 0.1) is 6.61 Å². The van der Waals surface area contributed by atoms with E-state index in [2.05, 4.69) is 28.2 Å². The third-order valence-electron chi connectivity index (χ3n) is 3.35. The molecule has 0 fully saturated rings. The van der Waals surface area contributed by atoms with E-state index < -0.39 is 0 Å². The average Bonchev–Trinajstić information content (AvgIpc) is 2.78. The normalized spacial score (nSPS) is 13.2. The number of hydrogen-bond acceptors (Lipinski definition) is 3. The first-order chi connectivity index (χ1) is 9.58. The van der Waals surface area contributed by atoms with Crippen molar-refractivity contribution in [3.63, 3.8) is 0 Å². The van der Waals surface area contributed by atoms with Crippen molar-refractivity contribution in [3.8, 4) is 0 Å². The summed E-state index contributed by atoms with van der Waals surface area (Å²) in [4.78, 5) is 5.50. The highest BCUT2D eigenvalue weighted by molar-refractivity contribution is 6.31. The van der Waals surface area contributed by atoms with Crippen LogP contribution in [0.1, 0.15) is 12.6 Å². The Bertz CT molecular complexity index is 555. The van der Waals surface area contributed by atoms with E-state index in [1.54, 1.807) is 0 Å². The molecule has 1 heterocycles. The quantitative estimate of drug-likeness (QED) is 0.734. The molecular weight excluding hydrogens is 274 g/mol. The van der Waals surface area contributed by atoms with Crippen LogP contribution < -0.4 is 5.32 Å². The summed E-state index contributed by atoms with van der Waals surface area (Å²) < 4.78 is 0. The molecule has 0 saturated carbocycles. The number of aliphatic hydroxyl groups excluding tert-OH is 1. The number of hydrogen-bond donors (Lipinski definition) is 3. The summed E-state index contributed by atoms with van der Waals surface area (Å²) in [5.41, 5.74) is 2.26. The lowest BCUT2D eigenvalue weighted by molar-refractivity contribution is 0.210. The number of nitrogens with one attached hydrogen (secondary N) is 2. The topological polar surface area (TPSA) is 51.3 Å². The van der Waals surface area contributed by atoms with Crippen molar-refractivity contribution < 1.29 is 5.11 Å². The molecule has 0 amide bonds. The number of halogens is 1. The van der Waals surface area contributed by atoms with E-state index in [1.807, 2.05) is 25.2 Å². The number of fused-ring (bicyclic) bond motifs is 1. The highest BCUT2D eigenvalue weighted by Gasteiger charge is 2.07. The van der Waals surface area contributed by atoms with Gasteiger partial charge in [-0.2, -0.15) is 0 Å². The van der Waals surface area contributed by atoms with Crippen LogP contribution in [0.5, 0.6) is 0 Å². The number of nitrogens with zero attached hydrogens (tertiary/aromatic N) is 1. The predicted octanol–water partition coefficient (Wildman–Crippen LogP) is 2.22. The van der Waals surface area contributed by atoms with Crippen molar-refractivity contribution in [2.24, 2.45) is 0 Å². The van der Waals surface area contributed by atoms with E-state index in [9.17, 15) is 0 Å². The summed E-state index contributed by atoms with van der Waals surface area (Å²) >= 11 is 5.99. The predicted molar refractivity (Wildman–Crippen MR) is 84.2 cm³/mol. The molecule has 1 aromatic carbocycles. The highest BCUT2D eigenvalue weighted by Crippen LogP contribution is 2.20. The molecule has 1 atom stereocenters. The Morgan fingerprint density at radius 2 is 2.20 bits per heavy atom. The lowest BCUT2D eigenvalue weighted by Crippen LogP contribution is -2.38. The van der Waals surface area contributed by atoms with Crippen molar-refractivity contribution in [1.82, 2.24) is 15.2 Å². The van der Waals surface area contributed by atoms with Crippen molar-refractivity contribution in [1.29, 1.82) is 0 Å². The van der Waals surface area contributed by atoms with Crippen LogP contribution in [0.3, 0.4) is 0 Å². The first-order valence-electron chi connectivity index (χ1n) is 6.88. The van der Waals surface area contributed by atoms with Gasteiger partial charge in [0.2, 0.25) is 0 Å². The average molecular weight is 296 g/mol. The van der Waals surface area contributed by atoms with Gasteiger partial charge in [-0.25, -0.2) is 0 Å². The van der Waals surface area contributed by atoms with Gasteiger partial charge in [-0.3, -0.25) is 0 Å². The van der Waals surface area contributed by atoms with Gasteiger partial charge in [0.15, 0.2) is 0 Å². The molecule has 0 radical (unpaired) electrons. The summed E-state index contributed by atoms with van der Waals surface area (Å²) in [7, 11) is 2.01. The standard InChI is InChI=1S/C15H22ClN3O/c1-11(10-19(2)5-6-20)17-9-14-8-12-7-13(16)3-4-15(12)18-14/h3-4,7-8,11,17-18,20H,5-6,9-10H2,1-2H3. The zero-order valence-corrected chi connectivity index (χ0v) is 12.7. The molecule has 0 saturated heterocycles. The Morgan fingerprint density at radius 3 is 2.95 bits per heavy atom. The molecule has 0 spiro atoms. The van der Waals surface area contributed by atoms with Gasteiger partial charge < -0.3 is 20.3 Å². The molecule has 4 nitrogen and oxygen atoms in total. The Hall–Kier alpha value is -1.07. The molecular formula is C15H22ClN3O. The van der Waals surface area contributed by atoms with Gasteiger partial charge in [0.1, 0.15) is 0 Å². The van der Waals surface area contributed by atoms with Gasteiger partial charge >= 0.3 is 0 Å². The van der Waals surface area contributed by atoms with Crippen LogP contribution in [-0.2, 0) is 6.54 Å². The van der Waals surface area contributed by atoms with E-state index in [1.165, 1.54) is 0 Å². The minimum Gasteiger partial charge on any atom is -0.395 e. The van der Waals surface area contributed by atoms with Gasteiger partial charge in [-0.15, -0.1) is 0 Å². The summed E-state index contributed by atoms with van der Waals surface area (Å²) in [5.74, 6) is 0. The fraction of sp³-hybridized carbons (Fsp3) is 0.467. The summed E-state index contributed by atoms with van der Waals surface area (Å²) in [6.07, 6.45) is 0. The number of aromatic nitrogens is 1. The van der Waals surface area contributed by atoms with Crippen LogP contribution in [0.25, 0.3) is 10.9 Å². The van der Waals surface area contributed by atoms with E-state index >= 15 is 0 Å². The lowest BCUT2D eigenvalue weighted by atomic mass is 10.2. The van der Waals surface area contributed by atoms with Crippen LogP contribution >= 0.6 is 11.6 Å². The zero-order chi connectivity index (χ0) is 14.5.